The van der Waals surface area contributed by atoms with Gasteiger partial charge in [-0.25, -0.2) is 0 Å². The van der Waals surface area contributed by atoms with Crippen LogP contribution < -0.4 is 5.32 Å². The molecule has 0 spiro atoms. The first kappa shape index (κ1) is 19.0. The van der Waals surface area contributed by atoms with E-state index in [1.54, 1.807) is 6.07 Å². The first-order chi connectivity index (χ1) is 12.5. The molecule has 0 radical (unpaired) electrons. The van der Waals surface area contributed by atoms with Crippen LogP contribution in [0.1, 0.15) is 49.9 Å². The highest BCUT2D eigenvalue weighted by atomic mass is 16.3. The third-order valence-corrected chi connectivity index (χ3v) is 5.40. The van der Waals surface area contributed by atoms with Crippen LogP contribution in [0.3, 0.4) is 0 Å². The highest BCUT2D eigenvalue weighted by Gasteiger charge is 2.29. The lowest BCUT2D eigenvalue weighted by Gasteiger charge is -2.35. The van der Waals surface area contributed by atoms with Gasteiger partial charge >= 0.3 is 0 Å². The maximum atomic E-state index is 12.7. The quantitative estimate of drug-likeness (QED) is 0.874. The molecule has 1 unspecified atom stereocenters. The Hall–Kier alpha value is -1.82. The number of amides is 2. The van der Waals surface area contributed by atoms with E-state index in [2.05, 4.69) is 24.1 Å². The number of nitrogens with one attached hydrogen (secondary N) is 1. The first-order valence-electron chi connectivity index (χ1n) is 9.87. The van der Waals surface area contributed by atoms with Crippen LogP contribution in [0, 0.1) is 11.8 Å². The fourth-order valence-corrected chi connectivity index (χ4v) is 4.07. The molecule has 1 aromatic rings. The van der Waals surface area contributed by atoms with Crippen molar-refractivity contribution in [1.29, 1.82) is 0 Å². The van der Waals surface area contributed by atoms with Crippen molar-refractivity contribution in [1.82, 2.24) is 15.1 Å². The van der Waals surface area contributed by atoms with E-state index in [9.17, 15) is 9.59 Å². The maximum absolute atomic E-state index is 12.7. The summed E-state index contributed by atoms with van der Waals surface area (Å²) >= 11 is 0. The fraction of sp³-hybridized carbons (Fsp3) is 0.700. The third-order valence-electron chi connectivity index (χ3n) is 5.40. The minimum atomic E-state index is 0.0140. The molecule has 0 aromatic carbocycles. The summed E-state index contributed by atoms with van der Waals surface area (Å²) in [4.78, 5) is 29.3. The molecule has 2 saturated heterocycles. The Morgan fingerprint density at radius 1 is 1.23 bits per heavy atom. The average molecular weight is 361 g/mol. The second-order valence-corrected chi connectivity index (χ2v) is 8.08. The van der Waals surface area contributed by atoms with Crippen molar-refractivity contribution >= 4 is 11.8 Å². The molecule has 1 aromatic heterocycles. The number of piperidine rings is 2. The molecule has 2 amide bonds. The van der Waals surface area contributed by atoms with Gasteiger partial charge < -0.3 is 19.5 Å². The van der Waals surface area contributed by atoms with Gasteiger partial charge in [0.05, 0.1) is 17.7 Å². The summed E-state index contributed by atoms with van der Waals surface area (Å²) in [6.45, 7) is 8.86. The standard InChI is InChI=1S/C20H31N3O3/c1-15(2)12-22-8-3-4-16(13-22)19(24)21-18-5-9-23(10-6-18)20(25)17-7-11-26-14-17/h7,11,14-16,18H,3-6,8-10,12-13H2,1-2H3,(H,21,24). The van der Waals surface area contributed by atoms with Crippen molar-refractivity contribution in [2.45, 2.75) is 45.6 Å². The molecule has 26 heavy (non-hydrogen) atoms. The van der Waals surface area contributed by atoms with Gasteiger partial charge in [0, 0.05) is 32.2 Å². The highest BCUT2D eigenvalue weighted by molar-refractivity contribution is 5.93. The van der Waals surface area contributed by atoms with Crippen LogP contribution in [0.25, 0.3) is 0 Å². The number of hydrogen-bond donors (Lipinski definition) is 1. The number of nitrogens with zero attached hydrogens (tertiary/aromatic N) is 2. The van der Waals surface area contributed by atoms with Gasteiger partial charge in [-0.1, -0.05) is 13.8 Å². The maximum Gasteiger partial charge on any atom is 0.257 e. The van der Waals surface area contributed by atoms with Crippen LogP contribution >= 0.6 is 0 Å². The Morgan fingerprint density at radius 2 is 2.00 bits per heavy atom. The molecule has 6 nitrogen and oxygen atoms in total. The third kappa shape index (κ3) is 4.87. The monoisotopic (exact) mass is 361 g/mol. The van der Waals surface area contributed by atoms with Crippen molar-refractivity contribution in [2.75, 3.05) is 32.7 Å². The number of likely N-dealkylation sites (tertiary alicyclic amines) is 2. The van der Waals surface area contributed by atoms with E-state index in [0.717, 1.165) is 45.3 Å². The van der Waals surface area contributed by atoms with E-state index in [4.69, 9.17) is 4.42 Å². The van der Waals surface area contributed by atoms with Gasteiger partial charge in [-0.3, -0.25) is 9.59 Å². The van der Waals surface area contributed by atoms with Gasteiger partial charge in [-0.15, -0.1) is 0 Å². The van der Waals surface area contributed by atoms with Crippen molar-refractivity contribution in [2.24, 2.45) is 11.8 Å². The molecule has 3 rings (SSSR count). The minimum Gasteiger partial charge on any atom is -0.472 e. The summed E-state index contributed by atoms with van der Waals surface area (Å²) in [5, 5.41) is 3.23. The molecule has 6 heteroatoms. The molecule has 0 aliphatic carbocycles. The van der Waals surface area contributed by atoms with Crippen molar-refractivity contribution in [3.8, 4) is 0 Å². The fourth-order valence-electron chi connectivity index (χ4n) is 4.07. The predicted molar refractivity (Wildman–Crippen MR) is 99.8 cm³/mol. The van der Waals surface area contributed by atoms with Gasteiger partial charge in [-0.05, 0) is 44.2 Å². The summed E-state index contributed by atoms with van der Waals surface area (Å²) in [6.07, 6.45) is 6.73. The Labute approximate surface area is 155 Å². The van der Waals surface area contributed by atoms with Crippen LogP contribution in [-0.4, -0.2) is 60.4 Å². The zero-order valence-electron chi connectivity index (χ0n) is 15.9. The Bertz CT molecular complexity index is 591. The van der Waals surface area contributed by atoms with Gasteiger partial charge in [-0.2, -0.15) is 0 Å². The topological polar surface area (TPSA) is 65.8 Å². The lowest BCUT2D eigenvalue weighted by molar-refractivity contribution is -0.127. The summed E-state index contributed by atoms with van der Waals surface area (Å²) in [5.74, 6) is 0.945. The van der Waals surface area contributed by atoms with Gasteiger partial charge in [0.2, 0.25) is 5.91 Å². The zero-order valence-corrected chi connectivity index (χ0v) is 15.9. The number of furan rings is 1. The van der Waals surface area contributed by atoms with Crippen LogP contribution in [0.5, 0.6) is 0 Å². The van der Waals surface area contributed by atoms with Crippen molar-refractivity contribution < 1.29 is 14.0 Å². The van der Waals surface area contributed by atoms with Crippen molar-refractivity contribution in [3.05, 3.63) is 24.2 Å². The van der Waals surface area contributed by atoms with Crippen LogP contribution in [0.4, 0.5) is 0 Å². The van der Waals surface area contributed by atoms with Crippen molar-refractivity contribution in [3.63, 3.8) is 0 Å². The second kappa shape index (κ2) is 8.71. The summed E-state index contributed by atoms with van der Waals surface area (Å²) < 4.78 is 4.99. The highest BCUT2D eigenvalue weighted by Crippen LogP contribution is 2.20. The second-order valence-electron chi connectivity index (χ2n) is 8.08. The number of carbonyl (C=O) groups is 2. The molecule has 2 aliphatic rings. The van der Waals surface area contributed by atoms with Crippen LogP contribution in [-0.2, 0) is 4.79 Å². The molecule has 2 fully saturated rings. The number of rotatable bonds is 5. The predicted octanol–water partition coefficient (Wildman–Crippen LogP) is 2.37. The largest absolute Gasteiger partial charge is 0.472 e. The van der Waals surface area contributed by atoms with Crippen LogP contribution in [0.15, 0.2) is 23.0 Å². The van der Waals surface area contributed by atoms with E-state index in [0.29, 0.717) is 24.6 Å². The van der Waals surface area contributed by atoms with E-state index >= 15 is 0 Å². The number of hydrogen-bond acceptors (Lipinski definition) is 4. The van der Waals surface area contributed by atoms with Gasteiger partial charge in [0.25, 0.3) is 5.91 Å². The molecule has 0 saturated carbocycles. The Morgan fingerprint density at radius 3 is 2.65 bits per heavy atom. The van der Waals surface area contributed by atoms with Gasteiger partial charge in [0.15, 0.2) is 0 Å². The zero-order chi connectivity index (χ0) is 18.5. The molecule has 1 N–H and O–H groups in total. The lowest BCUT2D eigenvalue weighted by Crippen LogP contribution is -2.50. The average Bonchev–Trinajstić information content (AvgIpc) is 3.16. The minimum absolute atomic E-state index is 0.0140. The molecule has 1 atom stereocenters. The Balaban J connectivity index is 1.44. The molecule has 144 valence electrons. The van der Waals surface area contributed by atoms with Crippen LogP contribution in [0.2, 0.25) is 0 Å². The molecular formula is C20H31N3O3. The van der Waals surface area contributed by atoms with Gasteiger partial charge in [0.1, 0.15) is 6.26 Å². The molecule has 2 aliphatic heterocycles. The van der Waals surface area contributed by atoms with E-state index < -0.39 is 0 Å². The molecule has 3 heterocycles. The smallest absolute Gasteiger partial charge is 0.257 e. The lowest BCUT2D eigenvalue weighted by atomic mass is 9.95. The van der Waals surface area contributed by atoms with E-state index in [1.807, 2.05) is 4.90 Å². The summed E-state index contributed by atoms with van der Waals surface area (Å²) in [5.41, 5.74) is 0.597. The van der Waals surface area contributed by atoms with E-state index in [1.165, 1.54) is 12.5 Å². The summed E-state index contributed by atoms with van der Waals surface area (Å²) in [7, 11) is 0. The normalized spacial score (nSPS) is 22.6. The molecule has 0 bridgehead atoms. The first-order valence-corrected chi connectivity index (χ1v) is 9.87. The van der Waals surface area contributed by atoms with E-state index in [-0.39, 0.29) is 23.8 Å². The number of carbonyl (C=O) groups excluding carboxylic acids is 2. The molecular weight excluding hydrogens is 330 g/mol. The Kier molecular flexibility index (Phi) is 6.35. The SMILES string of the molecule is CC(C)CN1CCCC(C(=O)NC2CCN(C(=O)c3ccoc3)CC2)C1. The summed E-state index contributed by atoms with van der Waals surface area (Å²) in [6, 6.07) is 1.87.